The van der Waals surface area contributed by atoms with Crippen molar-refractivity contribution in [2.45, 2.75) is 51.5 Å². The molecule has 0 aromatic carbocycles. The molecular weight excluding hydrogens is 222 g/mol. The highest BCUT2D eigenvalue weighted by Crippen LogP contribution is 2.23. The van der Waals surface area contributed by atoms with Crippen LogP contribution in [0.5, 0.6) is 0 Å². The van der Waals surface area contributed by atoms with E-state index in [9.17, 15) is 0 Å². The monoisotopic (exact) mass is 245 g/mol. The Morgan fingerprint density at radius 2 is 1.29 bits per heavy atom. The zero-order valence-electron chi connectivity index (χ0n) is 11.1. The lowest BCUT2D eigenvalue weighted by atomic mass is 10.3. The Morgan fingerprint density at radius 3 is 1.59 bits per heavy atom. The second-order valence-corrected chi connectivity index (χ2v) is 5.56. The molecule has 2 aliphatic heterocycles. The summed E-state index contributed by atoms with van der Waals surface area (Å²) < 4.78 is 22.4. The Labute approximate surface area is 103 Å². The number of rotatable bonds is 4. The van der Waals surface area contributed by atoms with Gasteiger partial charge in [0.1, 0.15) is 0 Å². The Balaban J connectivity index is 1.61. The molecule has 2 saturated heterocycles. The maximum absolute atomic E-state index is 5.70. The van der Waals surface area contributed by atoms with Crippen LogP contribution in [0.25, 0.3) is 0 Å². The summed E-state index contributed by atoms with van der Waals surface area (Å²) in [7, 11) is 0. The molecule has 0 radical (unpaired) electrons. The predicted molar refractivity (Wildman–Crippen MR) is 62.7 cm³/mol. The first kappa shape index (κ1) is 13.2. The van der Waals surface area contributed by atoms with E-state index in [2.05, 4.69) is 5.32 Å². The molecule has 0 bridgehead atoms. The van der Waals surface area contributed by atoms with E-state index in [0.717, 1.165) is 13.1 Å². The summed E-state index contributed by atoms with van der Waals surface area (Å²) in [6.45, 7) is 10.6. The van der Waals surface area contributed by atoms with Crippen LogP contribution in [0, 0.1) is 0 Å². The lowest BCUT2D eigenvalue weighted by molar-refractivity contribution is -0.139. The van der Waals surface area contributed by atoms with Gasteiger partial charge in [-0.05, 0) is 27.7 Å². The fraction of sp³-hybridized carbons (Fsp3) is 1.00. The molecule has 17 heavy (non-hydrogen) atoms. The van der Waals surface area contributed by atoms with E-state index >= 15 is 0 Å². The molecule has 0 saturated carbocycles. The molecule has 0 aromatic rings. The molecule has 1 N–H and O–H groups in total. The number of hydrogen-bond acceptors (Lipinski definition) is 5. The summed E-state index contributed by atoms with van der Waals surface area (Å²) >= 11 is 0. The van der Waals surface area contributed by atoms with Gasteiger partial charge >= 0.3 is 0 Å². The minimum absolute atomic E-state index is 0.125. The minimum atomic E-state index is -0.443. The van der Waals surface area contributed by atoms with Crippen molar-refractivity contribution in [3.63, 3.8) is 0 Å². The molecule has 2 atom stereocenters. The van der Waals surface area contributed by atoms with Crippen LogP contribution < -0.4 is 5.32 Å². The molecule has 0 spiro atoms. The Bertz CT molecular complexity index is 241. The van der Waals surface area contributed by atoms with Crippen molar-refractivity contribution >= 4 is 0 Å². The summed E-state index contributed by atoms with van der Waals surface area (Å²) in [5.74, 6) is -0.886. The highest BCUT2D eigenvalue weighted by molar-refractivity contribution is 4.76. The van der Waals surface area contributed by atoms with Crippen LogP contribution >= 0.6 is 0 Å². The second-order valence-electron chi connectivity index (χ2n) is 5.56. The Morgan fingerprint density at radius 1 is 0.882 bits per heavy atom. The molecule has 2 unspecified atom stereocenters. The maximum Gasteiger partial charge on any atom is 0.163 e. The topological polar surface area (TPSA) is 49.0 Å². The zero-order valence-corrected chi connectivity index (χ0v) is 11.1. The van der Waals surface area contributed by atoms with Crippen molar-refractivity contribution in [2.75, 3.05) is 26.3 Å². The lowest BCUT2D eigenvalue weighted by Gasteiger charge is -2.19. The molecule has 5 heteroatoms. The summed E-state index contributed by atoms with van der Waals surface area (Å²) in [6.07, 6.45) is 0.251. The van der Waals surface area contributed by atoms with Gasteiger partial charge in [0.2, 0.25) is 0 Å². The van der Waals surface area contributed by atoms with E-state index in [1.165, 1.54) is 0 Å². The average molecular weight is 245 g/mol. The maximum atomic E-state index is 5.70. The molecule has 5 nitrogen and oxygen atoms in total. The van der Waals surface area contributed by atoms with Gasteiger partial charge in [0, 0.05) is 13.1 Å². The van der Waals surface area contributed by atoms with Crippen LogP contribution in [-0.2, 0) is 18.9 Å². The van der Waals surface area contributed by atoms with E-state index in [1.807, 2.05) is 27.7 Å². The molecule has 2 fully saturated rings. The van der Waals surface area contributed by atoms with Gasteiger partial charge in [0.15, 0.2) is 11.6 Å². The largest absolute Gasteiger partial charge is 0.348 e. The van der Waals surface area contributed by atoms with Gasteiger partial charge in [-0.15, -0.1) is 0 Å². The predicted octanol–water partition coefficient (Wildman–Crippen LogP) is 0.879. The standard InChI is InChI=1S/C12H23NO4/c1-11(2)14-7-9(16-11)5-13-6-10-8-15-12(3,4)17-10/h9-10,13H,5-8H2,1-4H3. The van der Waals surface area contributed by atoms with Gasteiger partial charge < -0.3 is 24.3 Å². The molecule has 2 aliphatic rings. The van der Waals surface area contributed by atoms with Crippen molar-refractivity contribution in [2.24, 2.45) is 0 Å². The minimum Gasteiger partial charge on any atom is -0.348 e. The van der Waals surface area contributed by atoms with Crippen LogP contribution in [-0.4, -0.2) is 50.1 Å². The fourth-order valence-electron chi connectivity index (χ4n) is 2.13. The van der Waals surface area contributed by atoms with E-state index in [4.69, 9.17) is 18.9 Å². The summed E-state index contributed by atoms with van der Waals surface area (Å²) in [6, 6.07) is 0. The van der Waals surface area contributed by atoms with Crippen LogP contribution in [0.15, 0.2) is 0 Å². The summed E-state index contributed by atoms with van der Waals surface area (Å²) in [4.78, 5) is 0. The van der Waals surface area contributed by atoms with Crippen LogP contribution in [0.2, 0.25) is 0 Å². The van der Waals surface area contributed by atoms with Crippen molar-refractivity contribution < 1.29 is 18.9 Å². The summed E-state index contributed by atoms with van der Waals surface area (Å²) in [5.41, 5.74) is 0. The zero-order chi connectivity index (χ0) is 12.5. The molecular formula is C12H23NO4. The number of ether oxygens (including phenoxy) is 4. The van der Waals surface area contributed by atoms with Gasteiger partial charge in [-0.25, -0.2) is 0 Å². The molecule has 100 valence electrons. The third kappa shape index (κ3) is 3.89. The molecule has 2 rings (SSSR count). The van der Waals surface area contributed by atoms with Crippen molar-refractivity contribution in [3.8, 4) is 0 Å². The van der Waals surface area contributed by atoms with Crippen LogP contribution in [0.4, 0.5) is 0 Å². The Kier molecular flexibility index (Phi) is 3.75. The van der Waals surface area contributed by atoms with Gasteiger partial charge in [0.25, 0.3) is 0 Å². The van der Waals surface area contributed by atoms with Gasteiger partial charge in [-0.3, -0.25) is 0 Å². The Hall–Kier alpha value is -0.200. The number of nitrogens with one attached hydrogen (secondary N) is 1. The van der Waals surface area contributed by atoms with E-state index in [1.54, 1.807) is 0 Å². The summed E-state index contributed by atoms with van der Waals surface area (Å²) in [5, 5.41) is 3.33. The van der Waals surface area contributed by atoms with Gasteiger partial charge in [0.05, 0.1) is 25.4 Å². The van der Waals surface area contributed by atoms with Crippen molar-refractivity contribution in [1.82, 2.24) is 5.32 Å². The number of hydrogen-bond donors (Lipinski definition) is 1. The molecule has 0 aliphatic carbocycles. The lowest BCUT2D eigenvalue weighted by Crippen LogP contribution is -2.36. The third-order valence-electron chi connectivity index (χ3n) is 2.88. The quantitative estimate of drug-likeness (QED) is 0.796. The van der Waals surface area contributed by atoms with Gasteiger partial charge in [-0.1, -0.05) is 0 Å². The van der Waals surface area contributed by atoms with Crippen molar-refractivity contribution in [1.29, 1.82) is 0 Å². The first-order valence-corrected chi connectivity index (χ1v) is 6.21. The fourth-order valence-corrected chi connectivity index (χ4v) is 2.13. The SMILES string of the molecule is CC1(C)OCC(CNCC2COC(C)(C)O2)O1. The first-order chi connectivity index (χ1) is 7.86. The highest BCUT2D eigenvalue weighted by Gasteiger charge is 2.34. The molecule has 2 heterocycles. The normalized spacial score (nSPS) is 35.3. The van der Waals surface area contributed by atoms with Gasteiger partial charge in [-0.2, -0.15) is 0 Å². The average Bonchev–Trinajstić information content (AvgIpc) is 2.70. The van der Waals surface area contributed by atoms with Crippen LogP contribution in [0.3, 0.4) is 0 Å². The third-order valence-corrected chi connectivity index (χ3v) is 2.88. The van der Waals surface area contributed by atoms with E-state index in [0.29, 0.717) is 13.2 Å². The second kappa shape index (κ2) is 4.82. The highest BCUT2D eigenvalue weighted by atomic mass is 16.7. The molecule has 0 amide bonds. The molecule has 0 aromatic heterocycles. The first-order valence-electron chi connectivity index (χ1n) is 6.21. The van der Waals surface area contributed by atoms with Crippen molar-refractivity contribution in [3.05, 3.63) is 0 Å². The van der Waals surface area contributed by atoms with E-state index in [-0.39, 0.29) is 12.2 Å². The smallest absolute Gasteiger partial charge is 0.163 e. The van der Waals surface area contributed by atoms with Crippen LogP contribution in [0.1, 0.15) is 27.7 Å². The van der Waals surface area contributed by atoms with E-state index < -0.39 is 11.6 Å².